The van der Waals surface area contributed by atoms with Gasteiger partial charge in [-0.25, -0.2) is 0 Å². The number of hydrogen-bond donors (Lipinski definition) is 1. The van der Waals surface area contributed by atoms with E-state index in [-0.39, 0.29) is 5.91 Å². The van der Waals surface area contributed by atoms with Gasteiger partial charge in [0, 0.05) is 16.3 Å². The molecule has 0 aliphatic heterocycles. The molecule has 3 nitrogen and oxygen atoms in total. The van der Waals surface area contributed by atoms with Gasteiger partial charge in [-0.2, -0.15) is 0 Å². The highest BCUT2D eigenvalue weighted by molar-refractivity contribution is 9.10. The first-order valence-corrected chi connectivity index (χ1v) is 9.25. The number of ether oxygens (including phenoxy) is 1. The minimum absolute atomic E-state index is 0.0572. The number of benzene rings is 1. The summed E-state index contributed by atoms with van der Waals surface area (Å²) in [6, 6.07) is 5.47. The van der Waals surface area contributed by atoms with Crippen LogP contribution in [-0.2, 0) is 0 Å². The van der Waals surface area contributed by atoms with Gasteiger partial charge in [0.15, 0.2) is 0 Å². The van der Waals surface area contributed by atoms with Crippen molar-refractivity contribution in [1.29, 1.82) is 0 Å². The minimum atomic E-state index is -0.0572. The van der Waals surface area contributed by atoms with E-state index in [4.69, 9.17) is 4.74 Å². The third-order valence-electron chi connectivity index (χ3n) is 4.20. The molecule has 1 aromatic carbocycles. The van der Waals surface area contributed by atoms with E-state index < -0.39 is 0 Å². The van der Waals surface area contributed by atoms with Crippen LogP contribution in [0.5, 0.6) is 5.75 Å². The van der Waals surface area contributed by atoms with Crippen LogP contribution >= 0.6 is 31.9 Å². The molecule has 2 atom stereocenters. The molecule has 0 spiro atoms. The second-order valence-corrected chi connectivity index (χ2v) is 7.08. The fourth-order valence-corrected chi connectivity index (χ4v) is 4.12. The lowest BCUT2D eigenvalue weighted by atomic mass is 9.80. The van der Waals surface area contributed by atoms with Gasteiger partial charge in [-0.3, -0.25) is 4.79 Å². The molecule has 5 heteroatoms. The summed E-state index contributed by atoms with van der Waals surface area (Å²) in [7, 11) is 1.58. The molecular weight excluding hydrogens is 398 g/mol. The molecule has 1 N–H and O–H groups in total. The number of alkyl halides is 1. The molecule has 21 heavy (non-hydrogen) atoms. The van der Waals surface area contributed by atoms with Gasteiger partial charge >= 0.3 is 0 Å². The Bertz CT molecular complexity index is 493. The molecule has 0 aromatic heterocycles. The Hall–Kier alpha value is -0.550. The van der Waals surface area contributed by atoms with E-state index in [1.807, 2.05) is 12.1 Å². The van der Waals surface area contributed by atoms with Crippen LogP contribution in [0.4, 0.5) is 0 Å². The fourth-order valence-electron chi connectivity index (χ4n) is 2.93. The number of halogens is 2. The van der Waals surface area contributed by atoms with E-state index in [1.54, 1.807) is 13.2 Å². The Labute approximate surface area is 143 Å². The lowest BCUT2D eigenvalue weighted by Crippen LogP contribution is -2.35. The molecule has 2 rings (SSSR count). The predicted molar refractivity (Wildman–Crippen MR) is 92.3 cm³/mol. The highest BCUT2D eigenvalue weighted by Crippen LogP contribution is 2.31. The van der Waals surface area contributed by atoms with Gasteiger partial charge in [-0.1, -0.05) is 44.7 Å². The van der Waals surface area contributed by atoms with Crippen molar-refractivity contribution in [2.24, 2.45) is 11.8 Å². The summed E-state index contributed by atoms with van der Waals surface area (Å²) in [6.45, 7) is 0.744. The van der Waals surface area contributed by atoms with Crippen LogP contribution in [0.1, 0.15) is 36.0 Å². The average molecular weight is 419 g/mol. The molecule has 116 valence electrons. The zero-order chi connectivity index (χ0) is 15.2. The molecule has 0 heterocycles. The zero-order valence-corrected chi connectivity index (χ0v) is 15.4. The maximum Gasteiger partial charge on any atom is 0.255 e. The summed E-state index contributed by atoms with van der Waals surface area (Å²) in [6.07, 6.45) is 5.04. The van der Waals surface area contributed by atoms with Crippen LogP contribution in [0.25, 0.3) is 0 Å². The maximum atomic E-state index is 12.4. The molecule has 0 saturated heterocycles. The minimum Gasteiger partial charge on any atom is -0.496 e. The molecule has 0 radical (unpaired) electrons. The smallest absolute Gasteiger partial charge is 0.255 e. The van der Waals surface area contributed by atoms with Gasteiger partial charge < -0.3 is 10.1 Å². The van der Waals surface area contributed by atoms with E-state index in [1.165, 1.54) is 25.7 Å². The monoisotopic (exact) mass is 417 g/mol. The van der Waals surface area contributed by atoms with Crippen LogP contribution in [-0.4, -0.2) is 24.9 Å². The van der Waals surface area contributed by atoms with E-state index in [0.717, 1.165) is 16.3 Å². The highest BCUT2D eigenvalue weighted by Gasteiger charge is 2.25. The van der Waals surface area contributed by atoms with Gasteiger partial charge in [0.2, 0.25) is 0 Å². The number of amides is 1. The molecule has 1 fully saturated rings. The number of methoxy groups -OCH3 is 1. The number of hydrogen-bond acceptors (Lipinski definition) is 2. The van der Waals surface area contributed by atoms with Crippen molar-refractivity contribution in [3.05, 3.63) is 28.2 Å². The van der Waals surface area contributed by atoms with Gasteiger partial charge in [0.05, 0.1) is 12.7 Å². The van der Waals surface area contributed by atoms with E-state index in [0.29, 0.717) is 23.1 Å². The van der Waals surface area contributed by atoms with Crippen molar-refractivity contribution in [1.82, 2.24) is 5.32 Å². The van der Waals surface area contributed by atoms with Crippen molar-refractivity contribution < 1.29 is 9.53 Å². The Balaban J connectivity index is 1.98. The van der Waals surface area contributed by atoms with Crippen molar-refractivity contribution in [3.8, 4) is 5.75 Å². The van der Waals surface area contributed by atoms with Crippen molar-refractivity contribution in [2.75, 3.05) is 19.0 Å². The standard InChI is InChI=1S/C16H21Br2NO2/c1-21-15-8-13(18)6-7-14(15)16(20)19-10-12-5-3-2-4-11(12)9-17/h6-8,11-12H,2-5,9-10H2,1H3,(H,19,20). The van der Waals surface area contributed by atoms with Crippen molar-refractivity contribution in [3.63, 3.8) is 0 Å². The Morgan fingerprint density at radius 3 is 2.71 bits per heavy atom. The molecule has 0 bridgehead atoms. The summed E-state index contributed by atoms with van der Waals surface area (Å²) in [5.41, 5.74) is 0.590. The quantitative estimate of drug-likeness (QED) is 0.720. The summed E-state index contributed by atoms with van der Waals surface area (Å²) >= 11 is 6.98. The lowest BCUT2D eigenvalue weighted by molar-refractivity contribution is 0.0934. The topological polar surface area (TPSA) is 38.3 Å². The Kier molecular flexibility index (Phi) is 6.55. The van der Waals surface area contributed by atoms with E-state index in [2.05, 4.69) is 37.2 Å². The van der Waals surface area contributed by atoms with Crippen molar-refractivity contribution >= 4 is 37.8 Å². The van der Waals surface area contributed by atoms with E-state index in [9.17, 15) is 4.79 Å². The second-order valence-electron chi connectivity index (χ2n) is 5.51. The molecule has 1 aliphatic rings. The van der Waals surface area contributed by atoms with Crippen LogP contribution in [0.2, 0.25) is 0 Å². The van der Waals surface area contributed by atoms with Crippen LogP contribution in [0.3, 0.4) is 0 Å². The van der Waals surface area contributed by atoms with Crippen molar-refractivity contribution in [2.45, 2.75) is 25.7 Å². The Morgan fingerprint density at radius 2 is 2.05 bits per heavy atom. The maximum absolute atomic E-state index is 12.4. The molecule has 1 saturated carbocycles. The number of carbonyl (C=O) groups excluding carboxylic acids is 1. The third kappa shape index (κ3) is 4.46. The third-order valence-corrected chi connectivity index (χ3v) is 5.52. The van der Waals surface area contributed by atoms with E-state index >= 15 is 0 Å². The Morgan fingerprint density at radius 1 is 1.33 bits per heavy atom. The van der Waals surface area contributed by atoms with Gasteiger partial charge in [-0.15, -0.1) is 0 Å². The SMILES string of the molecule is COc1cc(Br)ccc1C(=O)NCC1CCCCC1CBr. The summed E-state index contributed by atoms with van der Waals surface area (Å²) in [5.74, 6) is 1.79. The first-order chi connectivity index (χ1) is 10.2. The summed E-state index contributed by atoms with van der Waals surface area (Å²) in [4.78, 5) is 12.4. The summed E-state index contributed by atoms with van der Waals surface area (Å²) in [5, 5.41) is 4.10. The average Bonchev–Trinajstić information content (AvgIpc) is 2.52. The van der Waals surface area contributed by atoms with Crippen LogP contribution in [0.15, 0.2) is 22.7 Å². The number of carbonyl (C=O) groups is 1. The highest BCUT2D eigenvalue weighted by atomic mass is 79.9. The van der Waals surface area contributed by atoms with Gasteiger partial charge in [0.1, 0.15) is 5.75 Å². The molecule has 1 aliphatic carbocycles. The largest absolute Gasteiger partial charge is 0.496 e. The molecule has 1 aromatic rings. The number of rotatable bonds is 5. The lowest BCUT2D eigenvalue weighted by Gasteiger charge is -2.30. The predicted octanol–water partition coefficient (Wildman–Crippen LogP) is 4.39. The molecular formula is C16H21Br2NO2. The first-order valence-electron chi connectivity index (χ1n) is 7.33. The number of nitrogens with one attached hydrogen (secondary N) is 1. The summed E-state index contributed by atoms with van der Waals surface area (Å²) < 4.78 is 6.19. The van der Waals surface area contributed by atoms with Gasteiger partial charge in [-0.05, 0) is 42.9 Å². The first kappa shape index (κ1) is 16.8. The van der Waals surface area contributed by atoms with Crippen LogP contribution < -0.4 is 10.1 Å². The van der Waals surface area contributed by atoms with Crippen LogP contribution in [0, 0.1) is 11.8 Å². The second kappa shape index (κ2) is 8.18. The normalized spacial score (nSPS) is 21.9. The van der Waals surface area contributed by atoms with Gasteiger partial charge in [0.25, 0.3) is 5.91 Å². The molecule has 2 unspecified atom stereocenters. The fraction of sp³-hybridized carbons (Fsp3) is 0.562. The zero-order valence-electron chi connectivity index (χ0n) is 12.2. The molecule has 1 amide bonds.